The van der Waals surface area contributed by atoms with Gasteiger partial charge < -0.3 is 0 Å². The van der Waals surface area contributed by atoms with Crippen LogP contribution >= 0.6 is 12.2 Å². The molecule has 2 aromatic heterocycles. The number of aryl methyl sites for hydroxylation is 3. The molecule has 0 aromatic carbocycles. The van der Waals surface area contributed by atoms with Crippen LogP contribution in [-0.4, -0.2) is 19.7 Å². The first-order valence-corrected chi connectivity index (χ1v) is 8.12. The van der Waals surface area contributed by atoms with E-state index in [0.29, 0.717) is 10.7 Å². The lowest BCUT2D eigenvalue weighted by Gasteiger charge is -2.18. The normalized spacial score (nSPS) is 14.5. The first kappa shape index (κ1) is 14.4. The average molecular weight is 302 g/mol. The number of H-pyrrole nitrogens is 1. The van der Waals surface area contributed by atoms with E-state index in [0.717, 1.165) is 36.5 Å². The first-order valence-electron chi connectivity index (χ1n) is 7.71. The molecular weight excluding hydrogens is 280 g/mol. The van der Waals surface area contributed by atoms with Gasteiger partial charge in [0.25, 0.3) is 0 Å². The van der Waals surface area contributed by atoms with Crippen molar-refractivity contribution in [2.75, 3.05) is 0 Å². The topological polar surface area (TPSA) is 46.5 Å². The second kappa shape index (κ2) is 5.72. The maximum atomic E-state index is 5.38. The molecule has 0 atom stereocenters. The van der Waals surface area contributed by atoms with Gasteiger partial charge in [-0.05, 0) is 62.4 Å². The highest BCUT2D eigenvalue weighted by molar-refractivity contribution is 7.71. The smallest absolute Gasteiger partial charge is 0.195 e. The van der Waals surface area contributed by atoms with Crippen LogP contribution in [0.5, 0.6) is 0 Å². The van der Waals surface area contributed by atoms with Crippen LogP contribution in [0.3, 0.4) is 0 Å². The molecule has 0 unspecified atom stereocenters. The van der Waals surface area contributed by atoms with Crippen LogP contribution in [0, 0.1) is 17.6 Å². The van der Waals surface area contributed by atoms with Crippen molar-refractivity contribution in [1.82, 2.24) is 19.7 Å². The third-order valence-corrected chi connectivity index (χ3v) is 4.35. The Morgan fingerprint density at radius 2 is 2.10 bits per heavy atom. The second-order valence-corrected chi connectivity index (χ2v) is 6.68. The van der Waals surface area contributed by atoms with Gasteiger partial charge >= 0.3 is 0 Å². The number of rotatable bonds is 3. The SMILES string of the molecule is Cc1nc2c(cc1-c1n[nH]c(=S)n1CC(C)C)CCCC2. The number of pyridine rings is 1. The van der Waals surface area contributed by atoms with E-state index < -0.39 is 0 Å². The fourth-order valence-electron chi connectivity index (χ4n) is 3.02. The molecular formula is C16H22N4S. The number of fused-ring (bicyclic) bond motifs is 1. The third kappa shape index (κ3) is 2.79. The molecule has 0 aliphatic heterocycles. The van der Waals surface area contributed by atoms with E-state index >= 15 is 0 Å². The van der Waals surface area contributed by atoms with Crippen LogP contribution in [0.4, 0.5) is 0 Å². The van der Waals surface area contributed by atoms with Crippen molar-refractivity contribution in [3.8, 4) is 11.4 Å². The van der Waals surface area contributed by atoms with Crippen molar-refractivity contribution < 1.29 is 0 Å². The Kier molecular flexibility index (Phi) is 3.93. The minimum absolute atomic E-state index is 0.527. The van der Waals surface area contributed by atoms with Gasteiger partial charge in [-0.15, -0.1) is 0 Å². The standard InChI is InChI=1S/C16H22N4S/c1-10(2)9-20-15(18-19-16(20)21)13-8-12-6-4-5-7-14(12)17-11(13)3/h8,10H,4-7,9H2,1-3H3,(H,19,21). The van der Waals surface area contributed by atoms with Gasteiger partial charge in [-0.3, -0.25) is 14.6 Å². The van der Waals surface area contributed by atoms with E-state index in [1.807, 2.05) is 0 Å². The van der Waals surface area contributed by atoms with Crippen molar-refractivity contribution in [3.05, 3.63) is 27.8 Å². The molecule has 3 rings (SSSR count). The average Bonchev–Trinajstić information content (AvgIpc) is 2.79. The Balaban J connectivity index is 2.10. The number of aromatic amines is 1. The molecule has 0 saturated carbocycles. The molecule has 0 saturated heterocycles. The minimum atomic E-state index is 0.527. The van der Waals surface area contributed by atoms with Crippen LogP contribution < -0.4 is 0 Å². The largest absolute Gasteiger partial charge is 0.300 e. The summed E-state index contributed by atoms with van der Waals surface area (Å²) in [6, 6.07) is 2.28. The molecule has 1 aliphatic carbocycles. The molecule has 4 nitrogen and oxygen atoms in total. The van der Waals surface area contributed by atoms with Crippen molar-refractivity contribution in [3.63, 3.8) is 0 Å². The number of hydrogen-bond acceptors (Lipinski definition) is 3. The molecule has 0 bridgehead atoms. The van der Waals surface area contributed by atoms with E-state index in [9.17, 15) is 0 Å². The molecule has 112 valence electrons. The first-order chi connectivity index (χ1) is 10.1. The zero-order valence-corrected chi connectivity index (χ0v) is 13.8. The summed E-state index contributed by atoms with van der Waals surface area (Å²) < 4.78 is 2.79. The number of nitrogens with one attached hydrogen (secondary N) is 1. The third-order valence-electron chi connectivity index (χ3n) is 4.04. The van der Waals surface area contributed by atoms with Gasteiger partial charge in [-0.25, -0.2) is 0 Å². The van der Waals surface area contributed by atoms with Crippen molar-refractivity contribution in [1.29, 1.82) is 0 Å². The van der Waals surface area contributed by atoms with Crippen LogP contribution in [0.25, 0.3) is 11.4 Å². The maximum absolute atomic E-state index is 5.38. The Morgan fingerprint density at radius 3 is 2.86 bits per heavy atom. The maximum Gasteiger partial charge on any atom is 0.195 e. The van der Waals surface area contributed by atoms with Gasteiger partial charge in [-0.2, -0.15) is 5.10 Å². The highest BCUT2D eigenvalue weighted by Crippen LogP contribution is 2.28. The molecule has 0 fully saturated rings. The van der Waals surface area contributed by atoms with Crippen LogP contribution in [0.15, 0.2) is 6.07 Å². The van der Waals surface area contributed by atoms with Crippen LogP contribution in [0.2, 0.25) is 0 Å². The molecule has 2 heterocycles. The Hall–Kier alpha value is -1.49. The van der Waals surface area contributed by atoms with Gasteiger partial charge in [0.05, 0.1) is 0 Å². The number of aromatic nitrogens is 4. The predicted octanol–water partition coefficient (Wildman–Crippen LogP) is 3.85. The van der Waals surface area contributed by atoms with Gasteiger partial charge in [0.1, 0.15) is 0 Å². The Labute approximate surface area is 130 Å². The van der Waals surface area contributed by atoms with E-state index in [1.165, 1.54) is 24.1 Å². The Bertz CT molecular complexity index is 712. The van der Waals surface area contributed by atoms with Crippen LogP contribution in [-0.2, 0) is 19.4 Å². The summed E-state index contributed by atoms with van der Waals surface area (Å²) in [5.74, 6) is 1.45. The van der Waals surface area contributed by atoms with Crippen LogP contribution in [0.1, 0.15) is 43.6 Å². The Morgan fingerprint density at radius 1 is 1.33 bits per heavy atom. The fourth-order valence-corrected chi connectivity index (χ4v) is 3.23. The fraction of sp³-hybridized carbons (Fsp3) is 0.562. The summed E-state index contributed by atoms with van der Waals surface area (Å²) >= 11 is 5.38. The summed E-state index contributed by atoms with van der Waals surface area (Å²) in [5.41, 5.74) is 4.82. The summed E-state index contributed by atoms with van der Waals surface area (Å²) in [5, 5.41) is 7.39. The quantitative estimate of drug-likeness (QED) is 0.876. The molecule has 1 N–H and O–H groups in total. The molecule has 21 heavy (non-hydrogen) atoms. The van der Waals surface area contributed by atoms with Gasteiger partial charge in [0.2, 0.25) is 0 Å². The van der Waals surface area contributed by atoms with Crippen molar-refractivity contribution >= 4 is 12.2 Å². The molecule has 5 heteroatoms. The molecule has 0 amide bonds. The second-order valence-electron chi connectivity index (χ2n) is 6.29. The van der Waals surface area contributed by atoms with Gasteiger partial charge in [0, 0.05) is 23.5 Å². The lowest BCUT2D eigenvalue weighted by atomic mass is 9.94. The number of hydrogen-bond donors (Lipinski definition) is 1. The summed E-state index contributed by atoms with van der Waals surface area (Å²) in [4.78, 5) is 4.82. The predicted molar refractivity (Wildman–Crippen MR) is 86.9 cm³/mol. The van der Waals surface area contributed by atoms with E-state index in [-0.39, 0.29) is 0 Å². The summed E-state index contributed by atoms with van der Waals surface area (Å²) in [7, 11) is 0. The van der Waals surface area contributed by atoms with E-state index in [1.54, 1.807) is 0 Å². The summed E-state index contributed by atoms with van der Waals surface area (Å²) in [6.07, 6.45) is 4.75. The highest BCUT2D eigenvalue weighted by atomic mass is 32.1. The zero-order valence-electron chi connectivity index (χ0n) is 12.9. The monoisotopic (exact) mass is 302 g/mol. The molecule has 0 radical (unpaired) electrons. The molecule has 2 aromatic rings. The lowest BCUT2D eigenvalue weighted by molar-refractivity contribution is 0.521. The van der Waals surface area contributed by atoms with Crippen molar-refractivity contribution in [2.45, 2.75) is 53.0 Å². The highest BCUT2D eigenvalue weighted by Gasteiger charge is 2.18. The minimum Gasteiger partial charge on any atom is -0.300 e. The molecule has 1 aliphatic rings. The van der Waals surface area contributed by atoms with E-state index in [4.69, 9.17) is 17.2 Å². The molecule has 0 spiro atoms. The van der Waals surface area contributed by atoms with E-state index in [2.05, 4.69) is 41.6 Å². The van der Waals surface area contributed by atoms with Gasteiger partial charge in [-0.1, -0.05) is 13.8 Å². The zero-order chi connectivity index (χ0) is 15.0. The lowest BCUT2D eigenvalue weighted by Crippen LogP contribution is -2.10. The van der Waals surface area contributed by atoms with Gasteiger partial charge in [0.15, 0.2) is 10.6 Å². The number of nitrogens with zero attached hydrogens (tertiary/aromatic N) is 3. The van der Waals surface area contributed by atoms with Crippen molar-refractivity contribution in [2.24, 2.45) is 5.92 Å². The summed E-state index contributed by atoms with van der Waals surface area (Å²) in [6.45, 7) is 7.33.